The van der Waals surface area contributed by atoms with E-state index in [0.717, 1.165) is 6.42 Å². The van der Waals surface area contributed by atoms with Gasteiger partial charge >= 0.3 is 0 Å². The minimum Gasteiger partial charge on any atom is -0.333 e. The van der Waals surface area contributed by atoms with Crippen LogP contribution in [0.1, 0.15) is 27.2 Å². The zero-order valence-electron chi connectivity index (χ0n) is 6.85. The summed E-state index contributed by atoms with van der Waals surface area (Å²) in [6, 6.07) is 0. The van der Waals surface area contributed by atoms with Gasteiger partial charge in [-0.2, -0.15) is 0 Å². The summed E-state index contributed by atoms with van der Waals surface area (Å²) < 4.78 is 0. The number of amides is 1. The van der Waals surface area contributed by atoms with Gasteiger partial charge in [-0.25, -0.2) is 0 Å². The van der Waals surface area contributed by atoms with E-state index < -0.39 is 0 Å². The molecule has 0 radical (unpaired) electrons. The first-order valence-electron chi connectivity index (χ1n) is 3.55. The Morgan fingerprint density at radius 2 is 2.20 bits per heavy atom. The highest BCUT2D eigenvalue weighted by Gasteiger charge is 1.87. The molecule has 0 aliphatic rings. The fourth-order valence-electron chi connectivity index (χ4n) is 0.516. The lowest BCUT2D eigenvalue weighted by Gasteiger charge is -1.96. The molecule has 1 amide bonds. The first-order chi connectivity index (χ1) is 4.63. The highest BCUT2D eigenvalue weighted by atomic mass is 16.1. The van der Waals surface area contributed by atoms with Crippen LogP contribution in [0, 0.1) is 5.92 Å². The van der Waals surface area contributed by atoms with E-state index in [2.05, 4.69) is 19.2 Å². The van der Waals surface area contributed by atoms with E-state index in [0.29, 0.717) is 5.92 Å². The van der Waals surface area contributed by atoms with Gasteiger partial charge in [-0.15, -0.1) is 0 Å². The molecule has 0 heterocycles. The summed E-state index contributed by atoms with van der Waals surface area (Å²) in [6.07, 6.45) is 4.68. The van der Waals surface area contributed by atoms with Crippen molar-refractivity contribution in [2.24, 2.45) is 5.92 Å². The number of hydrogen-bond donors (Lipinski definition) is 1. The third-order valence-corrected chi connectivity index (χ3v) is 1.01. The monoisotopic (exact) mass is 141 g/mol. The highest BCUT2D eigenvalue weighted by molar-refractivity contribution is 5.73. The van der Waals surface area contributed by atoms with E-state index in [1.54, 1.807) is 6.20 Å². The molecular weight excluding hydrogens is 126 g/mol. The zero-order chi connectivity index (χ0) is 7.98. The molecule has 58 valence electrons. The van der Waals surface area contributed by atoms with Gasteiger partial charge in [-0.05, 0) is 18.5 Å². The predicted octanol–water partition coefficient (Wildman–Crippen LogP) is 1.68. The zero-order valence-corrected chi connectivity index (χ0v) is 6.85. The van der Waals surface area contributed by atoms with Gasteiger partial charge in [0.1, 0.15) is 0 Å². The van der Waals surface area contributed by atoms with Crippen molar-refractivity contribution in [3.05, 3.63) is 12.3 Å². The number of rotatable bonds is 3. The maximum atomic E-state index is 10.3. The molecule has 0 unspecified atom stereocenters. The number of carbonyl (C=O) groups excluding carboxylic acids is 1. The predicted molar refractivity (Wildman–Crippen MR) is 42.4 cm³/mol. The minimum atomic E-state index is -0.0139. The normalized spacial score (nSPS) is 10.8. The Kier molecular flexibility index (Phi) is 4.63. The second-order valence-corrected chi connectivity index (χ2v) is 2.73. The Balaban J connectivity index is 3.29. The summed E-state index contributed by atoms with van der Waals surface area (Å²) in [5.41, 5.74) is 0. The highest BCUT2D eigenvalue weighted by Crippen LogP contribution is 1.98. The van der Waals surface area contributed by atoms with Crippen LogP contribution in [-0.4, -0.2) is 5.91 Å². The molecule has 0 aromatic heterocycles. The van der Waals surface area contributed by atoms with Crippen LogP contribution in [0.3, 0.4) is 0 Å². The average Bonchev–Trinajstić information content (AvgIpc) is 1.79. The van der Waals surface area contributed by atoms with E-state index in [1.807, 2.05) is 6.08 Å². The minimum absolute atomic E-state index is 0.0139. The molecular formula is C8H15NO. The summed E-state index contributed by atoms with van der Waals surface area (Å²) in [5, 5.41) is 2.58. The van der Waals surface area contributed by atoms with Crippen LogP contribution in [-0.2, 0) is 4.79 Å². The van der Waals surface area contributed by atoms with Crippen molar-refractivity contribution in [2.75, 3.05) is 0 Å². The molecule has 0 saturated carbocycles. The average molecular weight is 141 g/mol. The van der Waals surface area contributed by atoms with Gasteiger partial charge in [0, 0.05) is 6.92 Å². The maximum absolute atomic E-state index is 10.3. The first kappa shape index (κ1) is 9.21. The Labute approximate surface area is 62.3 Å². The van der Waals surface area contributed by atoms with Crippen LogP contribution in [0.2, 0.25) is 0 Å². The van der Waals surface area contributed by atoms with Crippen LogP contribution < -0.4 is 5.32 Å². The second kappa shape index (κ2) is 5.03. The molecule has 0 atom stereocenters. The Hall–Kier alpha value is -0.790. The number of allylic oxidation sites excluding steroid dienone is 1. The van der Waals surface area contributed by atoms with Gasteiger partial charge in [-0.1, -0.05) is 19.9 Å². The summed E-state index contributed by atoms with van der Waals surface area (Å²) in [6.45, 7) is 5.77. The van der Waals surface area contributed by atoms with Crippen molar-refractivity contribution in [1.29, 1.82) is 0 Å². The van der Waals surface area contributed by atoms with Crippen molar-refractivity contribution in [1.82, 2.24) is 5.32 Å². The van der Waals surface area contributed by atoms with Crippen molar-refractivity contribution in [2.45, 2.75) is 27.2 Å². The smallest absolute Gasteiger partial charge is 0.220 e. The van der Waals surface area contributed by atoms with Crippen LogP contribution in [0.15, 0.2) is 12.3 Å². The van der Waals surface area contributed by atoms with Gasteiger partial charge in [-0.3, -0.25) is 4.79 Å². The summed E-state index contributed by atoms with van der Waals surface area (Å²) in [5.74, 6) is 0.644. The molecule has 0 spiro atoms. The molecule has 0 rings (SSSR count). The summed E-state index contributed by atoms with van der Waals surface area (Å²) >= 11 is 0. The van der Waals surface area contributed by atoms with Crippen molar-refractivity contribution >= 4 is 5.91 Å². The molecule has 0 aromatic rings. The van der Waals surface area contributed by atoms with E-state index in [-0.39, 0.29) is 5.91 Å². The van der Waals surface area contributed by atoms with Crippen LogP contribution in [0.25, 0.3) is 0 Å². The van der Waals surface area contributed by atoms with E-state index in [9.17, 15) is 4.79 Å². The molecule has 0 aliphatic heterocycles. The lowest BCUT2D eigenvalue weighted by atomic mass is 10.1. The van der Waals surface area contributed by atoms with Crippen LogP contribution in [0.5, 0.6) is 0 Å². The Morgan fingerprint density at radius 3 is 2.60 bits per heavy atom. The molecule has 0 saturated heterocycles. The van der Waals surface area contributed by atoms with Crippen LogP contribution >= 0.6 is 0 Å². The van der Waals surface area contributed by atoms with E-state index >= 15 is 0 Å². The fourth-order valence-corrected chi connectivity index (χ4v) is 0.516. The standard InChI is InChI=1S/C8H15NO/c1-7(2)5-4-6-9-8(3)10/h4,6-7H,5H2,1-3H3,(H,9,10). The second-order valence-electron chi connectivity index (χ2n) is 2.73. The quantitative estimate of drug-likeness (QED) is 0.636. The topological polar surface area (TPSA) is 29.1 Å². The number of carbonyl (C=O) groups is 1. The lowest BCUT2D eigenvalue weighted by Crippen LogP contribution is -2.11. The van der Waals surface area contributed by atoms with Crippen molar-refractivity contribution < 1.29 is 4.79 Å². The van der Waals surface area contributed by atoms with Gasteiger partial charge < -0.3 is 5.32 Å². The van der Waals surface area contributed by atoms with Crippen LogP contribution in [0.4, 0.5) is 0 Å². The molecule has 0 aliphatic carbocycles. The molecule has 10 heavy (non-hydrogen) atoms. The third-order valence-electron chi connectivity index (χ3n) is 1.01. The van der Waals surface area contributed by atoms with Gasteiger partial charge in [0.05, 0.1) is 0 Å². The molecule has 1 N–H and O–H groups in total. The summed E-state index contributed by atoms with van der Waals surface area (Å²) in [4.78, 5) is 10.3. The molecule has 2 nitrogen and oxygen atoms in total. The molecule has 2 heteroatoms. The van der Waals surface area contributed by atoms with Gasteiger partial charge in [0.15, 0.2) is 0 Å². The summed E-state index contributed by atoms with van der Waals surface area (Å²) in [7, 11) is 0. The largest absolute Gasteiger partial charge is 0.333 e. The Morgan fingerprint density at radius 1 is 1.60 bits per heavy atom. The van der Waals surface area contributed by atoms with E-state index in [4.69, 9.17) is 0 Å². The molecule has 0 fully saturated rings. The number of hydrogen-bond acceptors (Lipinski definition) is 1. The Bertz CT molecular complexity index is 127. The van der Waals surface area contributed by atoms with E-state index in [1.165, 1.54) is 6.92 Å². The van der Waals surface area contributed by atoms with Gasteiger partial charge in [0.2, 0.25) is 5.91 Å². The molecule has 0 bridgehead atoms. The molecule has 0 aromatic carbocycles. The maximum Gasteiger partial charge on any atom is 0.220 e. The SMILES string of the molecule is CC(=O)NC=CCC(C)C. The number of nitrogens with one attached hydrogen (secondary N) is 1. The lowest BCUT2D eigenvalue weighted by molar-refractivity contribution is -0.118. The fraction of sp³-hybridized carbons (Fsp3) is 0.625. The van der Waals surface area contributed by atoms with Crippen molar-refractivity contribution in [3.63, 3.8) is 0 Å². The van der Waals surface area contributed by atoms with Gasteiger partial charge in [0.25, 0.3) is 0 Å². The third kappa shape index (κ3) is 7.21. The van der Waals surface area contributed by atoms with Crippen molar-refractivity contribution in [3.8, 4) is 0 Å². The first-order valence-corrected chi connectivity index (χ1v) is 3.55.